The summed E-state index contributed by atoms with van der Waals surface area (Å²) in [5, 5.41) is 0. The van der Waals surface area contributed by atoms with Crippen LogP contribution in [-0.4, -0.2) is 33.0 Å². The molecule has 4 nitrogen and oxygen atoms in total. The molecule has 0 aromatic heterocycles. The van der Waals surface area contributed by atoms with Crippen LogP contribution in [0, 0.1) is 6.92 Å². The lowest BCUT2D eigenvalue weighted by Gasteiger charge is -2.32. The number of rotatable bonds is 2. The Bertz CT molecular complexity index is 619. The van der Waals surface area contributed by atoms with E-state index >= 15 is 0 Å². The van der Waals surface area contributed by atoms with Crippen LogP contribution < -0.4 is 5.46 Å². The normalized spacial score (nSPS) is 21.2. The van der Waals surface area contributed by atoms with Crippen molar-refractivity contribution in [2.75, 3.05) is 6.26 Å². The summed E-state index contributed by atoms with van der Waals surface area (Å²) in [4.78, 5) is 0.213. The Morgan fingerprint density at radius 2 is 1.60 bits per heavy atom. The topological polar surface area (TPSA) is 52.6 Å². The highest BCUT2D eigenvalue weighted by molar-refractivity contribution is 7.90. The van der Waals surface area contributed by atoms with Crippen molar-refractivity contribution in [2.24, 2.45) is 0 Å². The second-order valence-corrected chi connectivity index (χ2v) is 8.21. The zero-order valence-electron chi connectivity index (χ0n) is 12.6. The molecule has 1 fully saturated rings. The summed E-state index contributed by atoms with van der Waals surface area (Å²) in [6.07, 6.45) is 1.17. The maximum absolute atomic E-state index is 11.8. The molecule has 2 rings (SSSR count). The molecule has 1 heterocycles. The molecule has 0 N–H and O–H groups in total. The van der Waals surface area contributed by atoms with Crippen LogP contribution >= 0.6 is 0 Å². The summed E-state index contributed by atoms with van der Waals surface area (Å²) < 4.78 is 35.3. The van der Waals surface area contributed by atoms with Gasteiger partial charge in [-0.1, -0.05) is 12.1 Å². The fourth-order valence-corrected chi connectivity index (χ4v) is 2.94. The molecule has 1 saturated heterocycles. The van der Waals surface area contributed by atoms with E-state index in [2.05, 4.69) is 6.92 Å². The third-order valence-electron chi connectivity index (χ3n) is 4.02. The van der Waals surface area contributed by atoms with Crippen LogP contribution in [0.15, 0.2) is 23.1 Å². The quantitative estimate of drug-likeness (QED) is 0.777. The van der Waals surface area contributed by atoms with E-state index in [1.54, 1.807) is 18.2 Å². The molecule has 109 valence electrons. The van der Waals surface area contributed by atoms with E-state index in [0.29, 0.717) is 11.0 Å². The van der Waals surface area contributed by atoms with Crippen molar-refractivity contribution in [2.45, 2.75) is 43.8 Å². The third-order valence-corrected chi connectivity index (χ3v) is 5.20. The Labute approximate surface area is 121 Å². The molecular formula is C14H20BO4S. The van der Waals surface area contributed by atoms with Crippen molar-refractivity contribution < 1.29 is 17.7 Å². The van der Waals surface area contributed by atoms with Gasteiger partial charge in [-0.05, 0) is 51.7 Å². The minimum Gasteiger partial charge on any atom is -0.399 e. The summed E-state index contributed by atoms with van der Waals surface area (Å²) in [5.41, 5.74) is 0.266. The highest BCUT2D eigenvalue weighted by Gasteiger charge is 2.51. The highest BCUT2D eigenvalue weighted by atomic mass is 32.2. The van der Waals surface area contributed by atoms with Crippen molar-refractivity contribution >= 4 is 22.4 Å². The molecule has 0 aliphatic carbocycles. The minimum atomic E-state index is -3.32. The maximum atomic E-state index is 11.8. The summed E-state index contributed by atoms with van der Waals surface area (Å²) in [6.45, 7) is 11.6. The lowest BCUT2D eigenvalue weighted by molar-refractivity contribution is 0.00578. The van der Waals surface area contributed by atoms with Gasteiger partial charge in [0.1, 0.15) is 0 Å². The Hall–Kier alpha value is -0.845. The summed E-state index contributed by atoms with van der Waals surface area (Å²) >= 11 is 0. The van der Waals surface area contributed by atoms with Crippen LogP contribution in [0.5, 0.6) is 0 Å². The molecule has 1 aromatic rings. The first-order chi connectivity index (χ1) is 8.94. The van der Waals surface area contributed by atoms with Crippen molar-refractivity contribution in [3.8, 4) is 0 Å². The summed E-state index contributed by atoms with van der Waals surface area (Å²) in [6, 6.07) is 5.05. The molecule has 0 atom stereocenters. The van der Waals surface area contributed by atoms with Gasteiger partial charge in [-0.3, -0.25) is 0 Å². The summed E-state index contributed by atoms with van der Waals surface area (Å²) in [5.74, 6) is 0. The van der Waals surface area contributed by atoms with E-state index in [-0.39, 0.29) is 4.90 Å². The molecule has 20 heavy (non-hydrogen) atoms. The largest absolute Gasteiger partial charge is 0.494 e. The highest BCUT2D eigenvalue weighted by Crippen LogP contribution is 2.36. The zero-order valence-corrected chi connectivity index (χ0v) is 13.4. The fraction of sp³-hybridized carbons (Fsp3) is 0.500. The monoisotopic (exact) mass is 295 g/mol. The molecular weight excluding hydrogens is 275 g/mol. The van der Waals surface area contributed by atoms with Gasteiger partial charge in [-0.15, -0.1) is 0 Å². The van der Waals surface area contributed by atoms with Crippen LogP contribution in [-0.2, 0) is 19.1 Å². The van der Waals surface area contributed by atoms with E-state index in [4.69, 9.17) is 9.31 Å². The molecule has 0 bridgehead atoms. The molecule has 1 aliphatic heterocycles. The fourth-order valence-electron chi connectivity index (χ4n) is 2.04. The van der Waals surface area contributed by atoms with E-state index < -0.39 is 28.2 Å². The van der Waals surface area contributed by atoms with Gasteiger partial charge < -0.3 is 9.31 Å². The van der Waals surface area contributed by atoms with Crippen LogP contribution in [0.1, 0.15) is 33.3 Å². The van der Waals surface area contributed by atoms with Crippen LogP contribution in [0.25, 0.3) is 0 Å². The molecule has 1 aromatic carbocycles. The second kappa shape index (κ2) is 4.58. The first-order valence-corrected chi connectivity index (χ1v) is 8.35. The van der Waals surface area contributed by atoms with E-state index in [9.17, 15) is 8.42 Å². The first-order valence-electron chi connectivity index (χ1n) is 6.46. The molecule has 0 spiro atoms. The van der Waals surface area contributed by atoms with Gasteiger partial charge in [0.2, 0.25) is 0 Å². The minimum absolute atomic E-state index is 0.213. The predicted molar refractivity (Wildman–Crippen MR) is 79.7 cm³/mol. The number of hydrogen-bond donors (Lipinski definition) is 0. The first kappa shape index (κ1) is 15.5. The average Bonchev–Trinajstić information content (AvgIpc) is 2.47. The number of sulfone groups is 1. The number of hydrogen-bond acceptors (Lipinski definition) is 4. The Morgan fingerprint density at radius 1 is 1.10 bits per heavy atom. The van der Waals surface area contributed by atoms with Crippen LogP contribution in [0.2, 0.25) is 0 Å². The smallest absolute Gasteiger partial charge is 0.399 e. The van der Waals surface area contributed by atoms with Crippen molar-refractivity contribution in [1.29, 1.82) is 0 Å². The van der Waals surface area contributed by atoms with Crippen molar-refractivity contribution in [1.82, 2.24) is 0 Å². The Balaban J connectivity index is 2.42. The zero-order chi connectivity index (χ0) is 15.3. The van der Waals surface area contributed by atoms with E-state index in [0.717, 1.165) is 0 Å². The second-order valence-electron chi connectivity index (χ2n) is 6.23. The van der Waals surface area contributed by atoms with E-state index in [1.165, 1.54) is 6.26 Å². The molecule has 0 unspecified atom stereocenters. The van der Waals surface area contributed by atoms with E-state index in [1.807, 2.05) is 27.7 Å². The van der Waals surface area contributed by atoms with Gasteiger partial charge in [0, 0.05) is 6.26 Å². The molecule has 0 amide bonds. The number of benzene rings is 1. The Kier molecular flexibility index (Phi) is 3.56. The molecule has 0 saturated carbocycles. The molecule has 6 heteroatoms. The van der Waals surface area contributed by atoms with Crippen LogP contribution in [0.3, 0.4) is 0 Å². The van der Waals surface area contributed by atoms with Gasteiger partial charge >= 0.3 is 7.12 Å². The SMILES string of the molecule is [CH2]c1ccc(B2OC(C)(C)C(C)(C)O2)cc1S(C)(=O)=O. The molecule has 1 aliphatic rings. The van der Waals surface area contributed by atoms with Crippen LogP contribution in [0.4, 0.5) is 0 Å². The van der Waals surface area contributed by atoms with Gasteiger partial charge in [-0.2, -0.15) is 0 Å². The van der Waals surface area contributed by atoms with Crippen molar-refractivity contribution in [3.63, 3.8) is 0 Å². The predicted octanol–water partition coefficient (Wildman–Crippen LogP) is 1.57. The summed E-state index contributed by atoms with van der Waals surface area (Å²) in [7, 11) is -3.89. The van der Waals surface area contributed by atoms with Gasteiger partial charge in [0.05, 0.1) is 16.1 Å². The average molecular weight is 295 g/mol. The lowest BCUT2D eigenvalue weighted by Crippen LogP contribution is -2.41. The maximum Gasteiger partial charge on any atom is 0.494 e. The molecule has 1 radical (unpaired) electrons. The third kappa shape index (κ3) is 2.64. The Morgan fingerprint density at radius 3 is 2.05 bits per heavy atom. The lowest BCUT2D eigenvalue weighted by atomic mass is 9.79. The van der Waals surface area contributed by atoms with Gasteiger partial charge in [-0.25, -0.2) is 8.42 Å². The standard InChI is InChI=1S/C14H20BO4S/c1-10-7-8-11(9-12(10)20(6,16)17)15-18-13(2,3)14(4,5)19-15/h7-9H,1H2,2-6H3. The van der Waals surface area contributed by atoms with Gasteiger partial charge in [0.25, 0.3) is 0 Å². The van der Waals surface area contributed by atoms with Gasteiger partial charge in [0.15, 0.2) is 9.84 Å². The van der Waals surface area contributed by atoms with Crippen molar-refractivity contribution in [3.05, 3.63) is 30.7 Å².